The van der Waals surface area contributed by atoms with Gasteiger partial charge in [-0.2, -0.15) is 0 Å². The van der Waals surface area contributed by atoms with Crippen molar-refractivity contribution in [2.75, 3.05) is 0 Å². The fourth-order valence-electron chi connectivity index (χ4n) is 5.36. The summed E-state index contributed by atoms with van der Waals surface area (Å²) in [5.41, 5.74) is -0.323. The molecule has 5 rings (SSSR count). The molecule has 1 aromatic heterocycles. The maximum atomic E-state index is 14.1. The number of halogens is 2. The van der Waals surface area contributed by atoms with Crippen molar-refractivity contribution in [2.24, 2.45) is 11.8 Å². The molecule has 35 heavy (non-hydrogen) atoms. The number of amides is 1. The standard InChI is InChI=1S/C27H23Cl2NO4S/c1-27(26(33)34)22(15-6-10-18(28)11-7-15)21(24(31)20-3-2-14-35-20)23(16-8-12-19(29)13-9-16)30(27)25(32)17-4-5-17/h2-3,6-14,17,21-23H,4-5H2,1H3,(H,33,34). The Bertz CT molecular complexity index is 1270. The number of carboxylic acids is 1. The van der Waals surface area contributed by atoms with Crippen LogP contribution in [0.2, 0.25) is 10.0 Å². The Morgan fingerprint density at radius 3 is 2.00 bits per heavy atom. The molecule has 0 bridgehead atoms. The predicted octanol–water partition coefficient (Wildman–Crippen LogP) is 6.47. The summed E-state index contributed by atoms with van der Waals surface area (Å²) in [6.45, 7) is 1.57. The zero-order chi connectivity index (χ0) is 24.9. The second kappa shape index (κ2) is 9.08. The third-order valence-electron chi connectivity index (χ3n) is 7.19. The highest BCUT2D eigenvalue weighted by atomic mass is 35.5. The Morgan fingerprint density at radius 1 is 0.943 bits per heavy atom. The first-order valence-corrected chi connectivity index (χ1v) is 13.0. The van der Waals surface area contributed by atoms with Crippen LogP contribution in [0.4, 0.5) is 0 Å². The lowest BCUT2D eigenvalue weighted by atomic mass is 9.72. The van der Waals surface area contributed by atoms with Gasteiger partial charge in [0.1, 0.15) is 5.54 Å². The maximum Gasteiger partial charge on any atom is 0.330 e. The van der Waals surface area contributed by atoms with Crippen LogP contribution in [0.5, 0.6) is 0 Å². The molecule has 4 atom stereocenters. The number of hydrogen-bond acceptors (Lipinski definition) is 4. The van der Waals surface area contributed by atoms with Crippen LogP contribution in [0, 0.1) is 11.8 Å². The van der Waals surface area contributed by atoms with Crippen LogP contribution in [0.1, 0.15) is 52.5 Å². The topological polar surface area (TPSA) is 74.7 Å². The fourth-order valence-corrected chi connectivity index (χ4v) is 6.32. The highest BCUT2D eigenvalue weighted by molar-refractivity contribution is 7.12. The Hall–Kier alpha value is -2.67. The summed E-state index contributed by atoms with van der Waals surface area (Å²) in [4.78, 5) is 42.9. The van der Waals surface area contributed by atoms with Crippen molar-refractivity contribution in [1.29, 1.82) is 0 Å². The lowest BCUT2D eigenvalue weighted by molar-refractivity contribution is -0.158. The monoisotopic (exact) mass is 527 g/mol. The number of likely N-dealkylation sites (tertiary alicyclic amines) is 1. The average Bonchev–Trinajstić information content (AvgIpc) is 3.47. The lowest BCUT2D eigenvalue weighted by Crippen LogP contribution is -2.54. The molecule has 1 saturated heterocycles. The first-order chi connectivity index (χ1) is 16.7. The summed E-state index contributed by atoms with van der Waals surface area (Å²) >= 11 is 13.6. The van der Waals surface area contributed by atoms with Gasteiger partial charge in [-0.1, -0.05) is 53.5 Å². The molecular formula is C27H23Cl2NO4S. The van der Waals surface area contributed by atoms with E-state index < -0.39 is 29.4 Å². The van der Waals surface area contributed by atoms with E-state index in [1.807, 2.05) is 5.38 Å². The first kappa shape index (κ1) is 24.0. The van der Waals surface area contributed by atoms with E-state index in [4.69, 9.17) is 23.2 Å². The Balaban J connectivity index is 1.78. The molecule has 1 aliphatic heterocycles. The van der Waals surface area contributed by atoms with Crippen molar-refractivity contribution >= 4 is 52.2 Å². The van der Waals surface area contributed by atoms with Gasteiger partial charge in [-0.3, -0.25) is 9.59 Å². The number of carboxylic acid groups (broad SMARTS) is 1. The molecule has 0 spiro atoms. The molecule has 0 radical (unpaired) electrons. The number of carbonyl (C=O) groups excluding carboxylic acids is 2. The summed E-state index contributed by atoms with van der Waals surface area (Å²) in [6.07, 6.45) is 1.43. The maximum absolute atomic E-state index is 14.1. The number of benzene rings is 2. The van der Waals surface area contributed by atoms with Gasteiger partial charge < -0.3 is 10.0 Å². The second-order valence-electron chi connectivity index (χ2n) is 9.33. The molecule has 2 aliphatic rings. The Kier molecular flexibility index (Phi) is 6.24. The quantitative estimate of drug-likeness (QED) is 0.372. The number of Topliss-reactive ketones (excluding diaryl/α,β-unsaturated/α-hetero) is 1. The van der Waals surface area contributed by atoms with Gasteiger partial charge in [-0.05, 0) is 66.6 Å². The van der Waals surface area contributed by atoms with Crippen molar-refractivity contribution < 1.29 is 19.5 Å². The number of nitrogens with zero attached hydrogens (tertiary/aromatic N) is 1. The zero-order valence-electron chi connectivity index (χ0n) is 18.9. The highest BCUT2D eigenvalue weighted by Crippen LogP contribution is 2.58. The van der Waals surface area contributed by atoms with Gasteiger partial charge in [0.05, 0.1) is 16.8 Å². The number of hydrogen-bond donors (Lipinski definition) is 1. The largest absolute Gasteiger partial charge is 0.479 e. The van der Waals surface area contributed by atoms with E-state index in [-0.39, 0.29) is 17.6 Å². The normalized spacial score (nSPS) is 26.0. The van der Waals surface area contributed by atoms with Gasteiger partial charge in [0, 0.05) is 21.9 Å². The van der Waals surface area contributed by atoms with Gasteiger partial charge in [-0.15, -0.1) is 11.3 Å². The summed E-state index contributed by atoms with van der Waals surface area (Å²) in [7, 11) is 0. The molecule has 1 aliphatic carbocycles. The van der Waals surface area contributed by atoms with Crippen LogP contribution in [0.3, 0.4) is 0 Å². The Morgan fingerprint density at radius 2 is 1.51 bits per heavy atom. The van der Waals surface area contributed by atoms with Crippen LogP contribution in [0.25, 0.3) is 0 Å². The van der Waals surface area contributed by atoms with Crippen LogP contribution in [0.15, 0.2) is 66.0 Å². The molecular weight excluding hydrogens is 505 g/mol. The number of rotatable bonds is 6. The van der Waals surface area contributed by atoms with E-state index in [1.165, 1.54) is 16.2 Å². The van der Waals surface area contributed by atoms with Crippen molar-refractivity contribution in [1.82, 2.24) is 4.90 Å². The van der Waals surface area contributed by atoms with Crippen molar-refractivity contribution in [2.45, 2.75) is 37.3 Å². The van der Waals surface area contributed by atoms with Gasteiger partial charge in [0.15, 0.2) is 5.78 Å². The smallest absolute Gasteiger partial charge is 0.330 e. The van der Waals surface area contributed by atoms with E-state index in [0.717, 1.165) is 0 Å². The predicted molar refractivity (Wildman–Crippen MR) is 136 cm³/mol. The van der Waals surface area contributed by atoms with E-state index >= 15 is 0 Å². The van der Waals surface area contributed by atoms with E-state index in [9.17, 15) is 19.5 Å². The minimum Gasteiger partial charge on any atom is -0.479 e. The second-order valence-corrected chi connectivity index (χ2v) is 11.1. The zero-order valence-corrected chi connectivity index (χ0v) is 21.2. The van der Waals surface area contributed by atoms with E-state index in [2.05, 4.69) is 0 Å². The van der Waals surface area contributed by atoms with Crippen LogP contribution in [-0.4, -0.2) is 33.2 Å². The molecule has 8 heteroatoms. The van der Waals surface area contributed by atoms with Crippen LogP contribution in [-0.2, 0) is 9.59 Å². The molecule has 4 unspecified atom stereocenters. The number of carbonyl (C=O) groups is 3. The van der Waals surface area contributed by atoms with E-state index in [1.54, 1.807) is 67.6 Å². The van der Waals surface area contributed by atoms with Gasteiger partial charge in [0.2, 0.25) is 5.91 Å². The van der Waals surface area contributed by atoms with Crippen LogP contribution >= 0.6 is 34.5 Å². The summed E-state index contributed by atoms with van der Waals surface area (Å²) in [5, 5.41) is 13.5. The third-order valence-corrected chi connectivity index (χ3v) is 8.58. The van der Waals surface area contributed by atoms with Crippen molar-refractivity contribution in [3.05, 3.63) is 92.1 Å². The fraction of sp³-hybridized carbons (Fsp3) is 0.296. The number of ketones is 1. The molecule has 2 fully saturated rings. The molecule has 1 N–H and O–H groups in total. The number of thiophene rings is 1. The van der Waals surface area contributed by atoms with Gasteiger partial charge in [-0.25, -0.2) is 4.79 Å². The minimum atomic E-state index is -1.66. The minimum absolute atomic E-state index is 0.182. The van der Waals surface area contributed by atoms with Gasteiger partial charge >= 0.3 is 5.97 Å². The van der Waals surface area contributed by atoms with Crippen molar-refractivity contribution in [3.8, 4) is 0 Å². The summed E-state index contributed by atoms with van der Waals surface area (Å²) in [6, 6.07) is 16.6. The van der Waals surface area contributed by atoms with Gasteiger partial charge in [0.25, 0.3) is 0 Å². The average molecular weight is 528 g/mol. The lowest BCUT2D eigenvalue weighted by Gasteiger charge is -2.38. The highest BCUT2D eigenvalue weighted by Gasteiger charge is 2.65. The molecule has 3 aromatic rings. The number of aliphatic carboxylic acids is 1. The summed E-state index contributed by atoms with van der Waals surface area (Å²) in [5.74, 6) is -3.40. The third kappa shape index (κ3) is 4.07. The molecule has 2 aromatic carbocycles. The molecule has 180 valence electrons. The molecule has 1 amide bonds. The summed E-state index contributed by atoms with van der Waals surface area (Å²) < 4.78 is 0. The SMILES string of the molecule is CC1(C(=O)O)C(c2ccc(Cl)cc2)C(C(=O)c2cccs2)C(c2ccc(Cl)cc2)N1C(=O)C1CC1. The Labute approximate surface area is 217 Å². The molecule has 1 saturated carbocycles. The first-order valence-electron chi connectivity index (χ1n) is 11.4. The molecule has 5 nitrogen and oxygen atoms in total. The van der Waals surface area contributed by atoms with Crippen LogP contribution < -0.4 is 0 Å². The molecule has 2 heterocycles. The van der Waals surface area contributed by atoms with E-state index in [0.29, 0.717) is 38.9 Å². The van der Waals surface area contributed by atoms with Crippen molar-refractivity contribution in [3.63, 3.8) is 0 Å².